The second-order valence-corrected chi connectivity index (χ2v) is 11.2. The molecule has 2 aliphatic rings. The van der Waals surface area contributed by atoms with Gasteiger partial charge < -0.3 is 15.3 Å². The van der Waals surface area contributed by atoms with E-state index >= 15 is 0 Å². The van der Waals surface area contributed by atoms with Gasteiger partial charge in [-0.05, 0) is 81.0 Å². The highest BCUT2D eigenvalue weighted by Crippen LogP contribution is 2.62. The molecule has 0 spiro atoms. The van der Waals surface area contributed by atoms with Gasteiger partial charge in [0.25, 0.3) is 0 Å². The number of rotatable bonds is 6. The van der Waals surface area contributed by atoms with Crippen molar-refractivity contribution in [1.82, 2.24) is 0 Å². The number of alkyl halides is 6. The fraction of sp³-hybridized carbons (Fsp3) is 0.917. The highest BCUT2D eigenvalue weighted by Gasteiger charge is 2.70. The Bertz CT molecular complexity index is 731. The first-order valence-corrected chi connectivity index (χ1v) is 11.5. The van der Waals surface area contributed by atoms with Crippen LogP contribution < -0.4 is 0 Å². The average Bonchev–Trinajstić information content (AvgIpc) is 2.97. The Labute approximate surface area is 191 Å². The van der Waals surface area contributed by atoms with E-state index in [0.29, 0.717) is 32.1 Å². The maximum absolute atomic E-state index is 13.1. The maximum atomic E-state index is 13.1. The van der Waals surface area contributed by atoms with Crippen LogP contribution in [0.2, 0.25) is 0 Å². The van der Waals surface area contributed by atoms with Gasteiger partial charge in [0.2, 0.25) is 0 Å². The molecule has 0 amide bonds. The van der Waals surface area contributed by atoms with Crippen molar-refractivity contribution >= 4 is 0 Å². The molecule has 33 heavy (non-hydrogen) atoms. The zero-order chi connectivity index (χ0) is 25.5. The van der Waals surface area contributed by atoms with Crippen LogP contribution in [0.3, 0.4) is 0 Å². The SMILES string of the molecule is CC(C)(O)CCC[C@@](C)(CC#CC(O)(C(F)(F)F)C(F)(F)F)[C@H]1CC[C@H]2[C@@H](O)CCC[C@]12C. The van der Waals surface area contributed by atoms with Crippen LogP contribution >= 0.6 is 0 Å². The number of hydrogen-bond acceptors (Lipinski definition) is 3. The molecule has 5 atom stereocenters. The van der Waals surface area contributed by atoms with Crippen molar-refractivity contribution in [3.8, 4) is 11.8 Å². The molecule has 3 nitrogen and oxygen atoms in total. The van der Waals surface area contributed by atoms with Crippen LogP contribution in [0.25, 0.3) is 0 Å². The van der Waals surface area contributed by atoms with Gasteiger partial charge in [-0.15, -0.1) is 0 Å². The summed E-state index contributed by atoms with van der Waals surface area (Å²) in [6.07, 6.45) is -7.55. The molecule has 0 bridgehead atoms. The molecule has 0 heterocycles. The monoisotopic (exact) mass is 486 g/mol. The molecule has 2 aliphatic carbocycles. The van der Waals surface area contributed by atoms with Crippen molar-refractivity contribution in [2.45, 2.75) is 115 Å². The summed E-state index contributed by atoms with van der Waals surface area (Å²) < 4.78 is 78.3. The molecule has 3 N–H and O–H groups in total. The first kappa shape index (κ1) is 28.3. The summed E-state index contributed by atoms with van der Waals surface area (Å²) in [5, 5.41) is 30.0. The van der Waals surface area contributed by atoms with E-state index in [2.05, 4.69) is 12.8 Å². The minimum Gasteiger partial charge on any atom is -0.393 e. The van der Waals surface area contributed by atoms with Gasteiger partial charge in [-0.25, -0.2) is 0 Å². The Morgan fingerprint density at radius 2 is 1.48 bits per heavy atom. The van der Waals surface area contributed by atoms with Crippen LogP contribution in [-0.4, -0.2) is 45.0 Å². The maximum Gasteiger partial charge on any atom is 0.438 e. The molecule has 0 unspecified atom stereocenters. The molecule has 0 aromatic heterocycles. The van der Waals surface area contributed by atoms with Crippen LogP contribution in [0.4, 0.5) is 26.3 Å². The Kier molecular flexibility index (Phi) is 7.91. The summed E-state index contributed by atoms with van der Waals surface area (Å²) in [7, 11) is 0. The number of aliphatic hydroxyl groups excluding tert-OH is 1. The highest BCUT2D eigenvalue weighted by atomic mass is 19.4. The summed E-state index contributed by atoms with van der Waals surface area (Å²) in [6.45, 7) is 7.16. The van der Waals surface area contributed by atoms with Gasteiger partial charge >= 0.3 is 18.0 Å². The molecular weight excluding hydrogens is 450 g/mol. The van der Waals surface area contributed by atoms with E-state index in [1.807, 2.05) is 6.92 Å². The lowest BCUT2D eigenvalue weighted by atomic mass is 9.56. The molecule has 2 fully saturated rings. The Morgan fingerprint density at radius 1 is 0.909 bits per heavy atom. The minimum absolute atomic E-state index is 0.0279. The van der Waals surface area contributed by atoms with Crippen LogP contribution in [0.1, 0.15) is 85.5 Å². The van der Waals surface area contributed by atoms with E-state index in [0.717, 1.165) is 25.2 Å². The number of hydrogen-bond donors (Lipinski definition) is 3. The first-order chi connectivity index (χ1) is 14.8. The lowest BCUT2D eigenvalue weighted by Gasteiger charge is -2.49. The third-order valence-electron chi connectivity index (χ3n) is 8.05. The molecule has 0 saturated heterocycles. The number of aliphatic hydroxyl groups is 3. The van der Waals surface area contributed by atoms with Crippen molar-refractivity contribution in [3.63, 3.8) is 0 Å². The molecular formula is C24H36F6O3. The Hall–Kier alpha value is -0.980. The van der Waals surface area contributed by atoms with Gasteiger partial charge in [0, 0.05) is 6.42 Å². The van der Waals surface area contributed by atoms with Crippen molar-refractivity contribution in [3.05, 3.63) is 0 Å². The zero-order valence-corrected chi connectivity index (χ0v) is 19.7. The second kappa shape index (κ2) is 9.23. The first-order valence-electron chi connectivity index (χ1n) is 11.5. The largest absolute Gasteiger partial charge is 0.438 e. The van der Waals surface area contributed by atoms with Crippen LogP contribution in [0, 0.1) is 34.5 Å². The quantitative estimate of drug-likeness (QED) is 0.331. The summed E-state index contributed by atoms with van der Waals surface area (Å²) in [6, 6.07) is 0. The average molecular weight is 487 g/mol. The molecule has 192 valence electrons. The van der Waals surface area contributed by atoms with Gasteiger partial charge in [0.15, 0.2) is 0 Å². The van der Waals surface area contributed by atoms with E-state index in [1.165, 1.54) is 0 Å². The van der Waals surface area contributed by atoms with Gasteiger partial charge in [-0.3, -0.25) is 0 Å². The Balaban J connectivity index is 2.39. The topological polar surface area (TPSA) is 60.7 Å². The van der Waals surface area contributed by atoms with Gasteiger partial charge in [0.1, 0.15) is 0 Å². The van der Waals surface area contributed by atoms with Crippen LogP contribution in [0.5, 0.6) is 0 Å². The molecule has 2 rings (SSSR count). The third kappa shape index (κ3) is 5.82. The third-order valence-corrected chi connectivity index (χ3v) is 8.05. The molecule has 0 aliphatic heterocycles. The highest BCUT2D eigenvalue weighted by molar-refractivity contribution is 5.22. The smallest absolute Gasteiger partial charge is 0.393 e. The standard InChI is InChI=1S/C24H36F6O3/c1-19(2,32)11-6-12-20(3,13-7-15-22(33,23(25,26)27)24(28,29)30)18-10-9-16-17(31)8-5-14-21(16,18)4/h16-18,31-33H,5-6,8-14H2,1-4H3/t16-,17-,18+,20-,21-/m0/s1. The van der Waals surface area contributed by atoms with Crippen LogP contribution in [0.15, 0.2) is 0 Å². The van der Waals surface area contributed by atoms with Crippen molar-refractivity contribution < 1.29 is 41.7 Å². The van der Waals surface area contributed by atoms with Crippen LogP contribution in [-0.2, 0) is 0 Å². The number of halogens is 6. The van der Waals surface area contributed by atoms with Gasteiger partial charge in [0.05, 0.1) is 11.7 Å². The normalized spacial score (nSPS) is 30.9. The summed E-state index contributed by atoms with van der Waals surface area (Å²) in [4.78, 5) is 0. The van der Waals surface area contributed by atoms with E-state index in [1.54, 1.807) is 13.8 Å². The lowest BCUT2D eigenvalue weighted by molar-refractivity contribution is -0.343. The molecule has 9 heteroatoms. The van der Waals surface area contributed by atoms with E-state index in [-0.39, 0.29) is 23.7 Å². The van der Waals surface area contributed by atoms with Gasteiger partial charge in [-0.2, -0.15) is 26.3 Å². The second-order valence-electron chi connectivity index (χ2n) is 11.2. The molecule has 0 radical (unpaired) electrons. The predicted molar refractivity (Wildman–Crippen MR) is 112 cm³/mol. The van der Waals surface area contributed by atoms with E-state index in [4.69, 9.17) is 0 Å². The fourth-order valence-corrected chi connectivity index (χ4v) is 6.28. The van der Waals surface area contributed by atoms with Gasteiger partial charge in [-0.1, -0.05) is 32.6 Å². The van der Waals surface area contributed by atoms with Crippen molar-refractivity contribution in [2.24, 2.45) is 22.7 Å². The van der Waals surface area contributed by atoms with Crippen molar-refractivity contribution in [1.29, 1.82) is 0 Å². The molecule has 0 aromatic rings. The summed E-state index contributed by atoms with van der Waals surface area (Å²) in [5.41, 5.74) is -7.08. The van der Waals surface area contributed by atoms with E-state index < -0.39 is 35.1 Å². The Morgan fingerprint density at radius 3 is 2.00 bits per heavy atom. The summed E-state index contributed by atoms with van der Waals surface area (Å²) >= 11 is 0. The minimum atomic E-state index is -5.98. The molecule has 0 aromatic carbocycles. The predicted octanol–water partition coefficient (Wildman–Crippen LogP) is 5.76. The lowest BCUT2D eigenvalue weighted by Crippen LogP contribution is -2.55. The zero-order valence-electron chi connectivity index (χ0n) is 19.7. The van der Waals surface area contributed by atoms with E-state index in [9.17, 15) is 41.7 Å². The molecule has 2 saturated carbocycles. The summed E-state index contributed by atoms with van der Waals surface area (Å²) in [5.74, 6) is 3.14. The fourth-order valence-electron chi connectivity index (χ4n) is 6.28. The van der Waals surface area contributed by atoms with Crippen molar-refractivity contribution in [2.75, 3.05) is 0 Å². The number of fused-ring (bicyclic) bond motifs is 1.